The molecular weight excluding hydrogens is 427 g/mol. The molecule has 0 spiro atoms. The number of phenolic OH excluding ortho intramolecular Hbond substituents is 1. The molecule has 8 heteroatoms. The molecule has 2 aromatic rings. The van der Waals surface area contributed by atoms with Crippen LogP contribution in [0.4, 0.5) is 11.4 Å². The first kappa shape index (κ1) is 16.1. The zero-order valence-electron chi connectivity index (χ0n) is 10.4. The van der Waals surface area contributed by atoms with Crippen molar-refractivity contribution in [1.29, 1.82) is 0 Å². The molecule has 0 saturated carbocycles. The van der Waals surface area contributed by atoms with Crippen molar-refractivity contribution in [2.45, 2.75) is 6.54 Å². The van der Waals surface area contributed by atoms with Crippen LogP contribution < -0.4 is 5.32 Å². The number of nitro benzene ring substituents is 1. The van der Waals surface area contributed by atoms with Gasteiger partial charge in [-0.1, -0.05) is 11.6 Å². The molecule has 0 aromatic heterocycles. The molecule has 2 aromatic carbocycles. The summed E-state index contributed by atoms with van der Waals surface area (Å²) in [6.07, 6.45) is 0. The maximum atomic E-state index is 10.7. The summed E-state index contributed by atoms with van der Waals surface area (Å²) in [5.74, 6) is 0.136. The zero-order valence-corrected chi connectivity index (χ0v) is 14.4. The van der Waals surface area contributed by atoms with Gasteiger partial charge in [0.15, 0.2) is 0 Å². The molecule has 0 radical (unpaired) electrons. The molecule has 0 unspecified atom stereocenters. The van der Waals surface area contributed by atoms with E-state index in [-0.39, 0.29) is 16.5 Å². The van der Waals surface area contributed by atoms with Crippen LogP contribution in [0.25, 0.3) is 0 Å². The van der Waals surface area contributed by atoms with Gasteiger partial charge in [0, 0.05) is 18.3 Å². The first-order chi connectivity index (χ1) is 9.88. The lowest BCUT2D eigenvalue weighted by molar-refractivity contribution is -0.384. The number of rotatable bonds is 4. The van der Waals surface area contributed by atoms with Crippen LogP contribution in [0.15, 0.2) is 39.3 Å². The third-order valence-electron chi connectivity index (χ3n) is 2.72. The van der Waals surface area contributed by atoms with Gasteiger partial charge in [0.25, 0.3) is 5.69 Å². The van der Waals surface area contributed by atoms with Gasteiger partial charge in [0.1, 0.15) is 10.8 Å². The van der Waals surface area contributed by atoms with Crippen LogP contribution >= 0.6 is 43.5 Å². The minimum atomic E-state index is -0.527. The smallest absolute Gasteiger partial charge is 0.288 e. The molecule has 0 aliphatic heterocycles. The largest absolute Gasteiger partial charge is 0.506 e. The highest BCUT2D eigenvalue weighted by Gasteiger charge is 2.12. The van der Waals surface area contributed by atoms with Gasteiger partial charge in [0.2, 0.25) is 0 Å². The fourth-order valence-electron chi connectivity index (χ4n) is 1.69. The van der Waals surface area contributed by atoms with Gasteiger partial charge in [0.05, 0.1) is 13.9 Å². The van der Waals surface area contributed by atoms with Crippen molar-refractivity contribution in [3.63, 3.8) is 0 Å². The van der Waals surface area contributed by atoms with Gasteiger partial charge in [-0.15, -0.1) is 0 Å². The number of halogens is 3. The molecule has 21 heavy (non-hydrogen) atoms. The molecule has 5 nitrogen and oxygen atoms in total. The van der Waals surface area contributed by atoms with Crippen LogP contribution in [-0.4, -0.2) is 10.0 Å². The maximum absolute atomic E-state index is 10.7. The highest BCUT2D eigenvalue weighted by molar-refractivity contribution is 9.11. The van der Waals surface area contributed by atoms with E-state index in [1.54, 1.807) is 18.2 Å². The monoisotopic (exact) mass is 434 g/mol. The molecule has 0 amide bonds. The molecule has 0 heterocycles. The average Bonchev–Trinajstić information content (AvgIpc) is 2.42. The van der Waals surface area contributed by atoms with E-state index < -0.39 is 4.92 Å². The summed E-state index contributed by atoms with van der Waals surface area (Å²) in [6.45, 7) is 0.478. The number of benzene rings is 2. The van der Waals surface area contributed by atoms with Gasteiger partial charge in [-0.05, 0) is 61.7 Å². The molecule has 2 N–H and O–H groups in total. The second-order valence-electron chi connectivity index (χ2n) is 4.18. The standard InChI is InChI=1S/C13H9Br2ClN2O3/c14-9-3-7(4-10(15)13(9)19)6-17-8-1-2-12(18(20)21)11(16)5-8/h1-5,17,19H,6H2. The maximum Gasteiger partial charge on any atom is 0.288 e. The number of phenols is 1. The summed E-state index contributed by atoms with van der Waals surface area (Å²) in [5, 5.41) is 23.5. The number of nitrogens with zero attached hydrogens (tertiary/aromatic N) is 1. The Morgan fingerprint density at radius 2 is 1.86 bits per heavy atom. The van der Waals surface area contributed by atoms with Gasteiger partial charge in [-0.25, -0.2) is 0 Å². The normalized spacial score (nSPS) is 10.4. The van der Waals surface area contributed by atoms with Crippen molar-refractivity contribution in [3.05, 3.63) is 60.0 Å². The summed E-state index contributed by atoms with van der Waals surface area (Å²) in [4.78, 5) is 10.2. The van der Waals surface area contributed by atoms with Gasteiger partial charge < -0.3 is 10.4 Å². The molecule has 0 bridgehead atoms. The van der Waals surface area contributed by atoms with Gasteiger partial charge in [-0.2, -0.15) is 0 Å². The number of hydrogen-bond donors (Lipinski definition) is 2. The van der Waals surface area contributed by atoms with E-state index in [0.717, 1.165) is 5.56 Å². The lowest BCUT2D eigenvalue weighted by Gasteiger charge is -2.09. The lowest BCUT2D eigenvalue weighted by atomic mass is 10.2. The summed E-state index contributed by atoms with van der Waals surface area (Å²) >= 11 is 12.4. The van der Waals surface area contributed by atoms with Crippen LogP contribution in [0, 0.1) is 10.1 Å². The number of nitro groups is 1. The Labute approximate surface area is 142 Å². The van der Waals surface area contributed by atoms with Crippen molar-refractivity contribution in [1.82, 2.24) is 0 Å². The Kier molecular flexibility index (Phi) is 5.08. The predicted octanol–water partition coefficient (Wildman–Crippen LogP) is 5.09. The Hall–Kier alpha value is -1.31. The Morgan fingerprint density at radius 3 is 2.38 bits per heavy atom. The van der Waals surface area contributed by atoms with Gasteiger partial charge >= 0.3 is 0 Å². The number of hydrogen-bond acceptors (Lipinski definition) is 4. The lowest BCUT2D eigenvalue weighted by Crippen LogP contribution is -2.00. The van der Waals surface area contributed by atoms with Crippen molar-refractivity contribution in [2.24, 2.45) is 0 Å². The number of nitrogens with one attached hydrogen (secondary N) is 1. The molecule has 0 saturated heterocycles. The molecule has 110 valence electrons. The summed E-state index contributed by atoms with van der Waals surface area (Å²) in [7, 11) is 0. The van der Waals surface area contributed by atoms with Crippen molar-refractivity contribution in [3.8, 4) is 5.75 Å². The van der Waals surface area contributed by atoms with Crippen LogP contribution in [0.3, 0.4) is 0 Å². The molecule has 0 aliphatic rings. The molecular formula is C13H9Br2ClN2O3. The van der Waals surface area contributed by atoms with E-state index in [4.69, 9.17) is 11.6 Å². The van der Waals surface area contributed by atoms with E-state index in [0.29, 0.717) is 21.2 Å². The third-order valence-corrected chi connectivity index (χ3v) is 4.23. The predicted molar refractivity (Wildman–Crippen MR) is 88.9 cm³/mol. The highest BCUT2D eigenvalue weighted by Crippen LogP contribution is 2.33. The number of aromatic hydroxyl groups is 1. The van der Waals surface area contributed by atoms with Crippen molar-refractivity contribution < 1.29 is 10.0 Å². The van der Waals surface area contributed by atoms with E-state index >= 15 is 0 Å². The first-order valence-corrected chi connectivity index (χ1v) is 7.69. The van der Waals surface area contributed by atoms with Crippen molar-refractivity contribution >= 4 is 54.8 Å². The van der Waals surface area contributed by atoms with Crippen LogP contribution in [0.5, 0.6) is 5.75 Å². The second-order valence-corrected chi connectivity index (χ2v) is 6.30. The van der Waals surface area contributed by atoms with E-state index in [9.17, 15) is 15.2 Å². The Balaban J connectivity index is 2.13. The Bertz CT molecular complexity index is 687. The topological polar surface area (TPSA) is 75.4 Å². The zero-order chi connectivity index (χ0) is 15.6. The quantitative estimate of drug-likeness (QED) is 0.517. The van der Waals surface area contributed by atoms with E-state index in [1.807, 2.05) is 0 Å². The fraction of sp³-hybridized carbons (Fsp3) is 0.0769. The minimum Gasteiger partial charge on any atom is -0.506 e. The third kappa shape index (κ3) is 3.87. The summed E-state index contributed by atoms with van der Waals surface area (Å²) < 4.78 is 1.16. The second kappa shape index (κ2) is 6.64. The van der Waals surface area contributed by atoms with Crippen molar-refractivity contribution in [2.75, 3.05) is 5.32 Å². The summed E-state index contributed by atoms with van der Waals surface area (Å²) in [6, 6.07) is 8.01. The first-order valence-electron chi connectivity index (χ1n) is 5.73. The molecule has 0 atom stereocenters. The highest BCUT2D eigenvalue weighted by atomic mass is 79.9. The molecule has 2 rings (SSSR count). The minimum absolute atomic E-state index is 0.0815. The van der Waals surface area contributed by atoms with E-state index in [1.165, 1.54) is 12.1 Å². The molecule has 0 fully saturated rings. The van der Waals surface area contributed by atoms with Crippen LogP contribution in [-0.2, 0) is 6.54 Å². The van der Waals surface area contributed by atoms with Gasteiger partial charge in [-0.3, -0.25) is 10.1 Å². The van der Waals surface area contributed by atoms with Crippen LogP contribution in [0.2, 0.25) is 5.02 Å². The Morgan fingerprint density at radius 1 is 1.24 bits per heavy atom. The van der Waals surface area contributed by atoms with Crippen LogP contribution in [0.1, 0.15) is 5.56 Å². The SMILES string of the molecule is O=[N+]([O-])c1ccc(NCc2cc(Br)c(O)c(Br)c2)cc1Cl. The average molecular weight is 436 g/mol. The van der Waals surface area contributed by atoms with E-state index in [2.05, 4.69) is 37.2 Å². The molecule has 0 aliphatic carbocycles. The fourth-order valence-corrected chi connectivity index (χ4v) is 3.22. The number of anilines is 1. The summed E-state index contributed by atoms with van der Waals surface area (Å²) in [5.41, 5.74) is 1.46.